The lowest BCUT2D eigenvalue weighted by atomic mass is 9.99. The summed E-state index contributed by atoms with van der Waals surface area (Å²) >= 11 is 0. The first-order valence-corrected chi connectivity index (χ1v) is 11.3. The van der Waals surface area contributed by atoms with E-state index in [1.165, 1.54) is 35.4 Å². The fourth-order valence-electron chi connectivity index (χ4n) is 3.93. The fourth-order valence-corrected chi connectivity index (χ4v) is 3.93. The Morgan fingerprint density at radius 2 is 1.66 bits per heavy atom. The van der Waals surface area contributed by atoms with Gasteiger partial charge in [-0.25, -0.2) is 19.3 Å². The monoisotopic (exact) mass is 470 g/mol. The van der Waals surface area contributed by atoms with Crippen molar-refractivity contribution >= 4 is 11.7 Å². The number of carbonyl (C=O) groups excluding carboxylic acids is 1. The SMILES string of the molecule is O=C(NCCn1cnc(-c2ccc(F)cc2)cc1=O)C1CN(c2cc(-c3ccccc3)ncn2)C1. The molecule has 176 valence electrons. The molecule has 0 saturated carbocycles. The molecule has 1 aliphatic rings. The van der Waals surface area contributed by atoms with Crippen LogP contribution in [0.4, 0.5) is 10.2 Å². The average Bonchev–Trinajstić information content (AvgIpc) is 2.85. The highest BCUT2D eigenvalue weighted by atomic mass is 19.1. The van der Waals surface area contributed by atoms with Gasteiger partial charge >= 0.3 is 0 Å². The number of halogens is 1. The van der Waals surface area contributed by atoms with Crippen LogP contribution in [0, 0.1) is 11.7 Å². The molecule has 1 amide bonds. The van der Waals surface area contributed by atoms with Gasteiger partial charge in [0.05, 0.1) is 23.6 Å². The number of rotatable bonds is 7. The van der Waals surface area contributed by atoms with E-state index < -0.39 is 0 Å². The molecule has 1 saturated heterocycles. The summed E-state index contributed by atoms with van der Waals surface area (Å²) in [6, 6.07) is 19.0. The van der Waals surface area contributed by atoms with E-state index in [-0.39, 0.29) is 23.2 Å². The molecule has 0 unspecified atom stereocenters. The highest BCUT2D eigenvalue weighted by Gasteiger charge is 2.33. The number of nitrogens with one attached hydrogen (secondary N) is 1. The summed E-state index contributed by atoms with van der Waals surface area (Å²) in [7, 11) is 0. The van der Waals surface area contributed by atoms with E-state index in [2.05, 4.69) is 20.3 Å². The second kappa shape index (κ2) is 9.84. The number of hydrogen-bond donors (Lipinski definition) is 1. The van der Waals surface area contributed by atoms with E-state index in [1.54, 1.807) is 12.1 Å². The molecule has 1 N–H and O–H groups in total. The Kier molecular flexibility index (Phi) is 6.30. The summed E-state index contributed by atoms with van der Waals surface area (Å²) in [5, 5.41) is 2.89. The van der Waals surface area contributed by atoms with Crippen molar-refractivity contribution in [1.82, 2.24) is 24.8 Å². The Balaban J connectivity index is 1.12. The van der Waals surface area contributed by atoms with Gasteiger partial charge in [0.2, 0.25) is 5.91 Å². The lowest BCUT2D eigenvalue weighted by Gasteiger charge is -2.39. The van der Waals surface area contributed by atoms with E-state index >= 15 is 0 Å². The Hall–Kier alpha value is -4.40. The van der Waals surface area contributed by atoms with Crippen LogP contribution in [-0.2, 0) is 11.3 Å². The smallest absolute Gasteiger partial charge is 0.253 e. The quantitative estimate of drug-likeness (QED) is 0.447. The van der Waals surface area contributed by atoms with Crippen molar-refractivity contribution in [3.8, 4) is 22.5 Å². The van der Waals surface area contributed by atoms with Crippen molar-refractivity contribution in [2.75, 3.05) is 24.5 Å². The summed E-state index contributed by atoms with van der Waals surface area (Å²) in [6.45, 7) is 1.78. The van der Waals surface area contributed by atoms with Gasteiger partial charge in [0, 0.05) is 49.4 Å². The van der Waals surface area contributed by atoms with Gasteiger partial charge in [-0.15, -0.1) is 0 Å². The van der Waals surface area contributed by atoms with Gasteiger partial charge in [0.25, 0.3) is 5.56 Å². The average molecular weight is 471 g/mol. The topological polar surface area (TPSA) is 93.0 Å². The summed E-state index contributed by atoms with van der Waals surface area (Å²) in [5.41, 5.74) is 2.76. The molecule has 3 heterocycles. The second-order valence-electron chi connectivity index (χ2n) is 8.33. The molecular formula is C26H23FN6O2. The molecule has 0 spiro atoms. The second-order valence-corrected chi connectivity index (χ2v) is 8.33. The number of aromatic nitrogens is 4. The standard InChI is InChI=1S/C26H23FN6O2/c27-21-8-6-19(7-9-21)23-13-25(34)32(17-31-23)11-10-28-26(35)20-14-33(15-20)24-12-22(29-16-30-24)18-4-2-1-3-5-18/h1-9,12-13,16-17,20H,10-11,14-15H2,(H,28,35). The molecule has 0 aliphatic carbocycles. The Morgan fingerprint density at radius 1 is 0.943 bits per heavy atom. The Bertz CT molecular complexity index is 1390. The van der Waals surface area contributed by atoms with Gasteiger partial charge in [0.15, 0.2) is 0 Å². The highest BCUT2D eigenvalue weighted by Crippen LogP contribution is 2.26. The molecule has 0 radical (unpaired) electrons. The summed E-state index contributed by atoms with van der Waals surface area (Å²) in [4.78, 5) is 39.9. The van der Waals surface area contributed by atoms with Gasteiger partial charge in [-0.05, 0) is 24.3 Å². The molecule has 0 bridgehead atoms. The van der Waals surface area contributed by atoms with Crippen LogP contribution in [0.2, 0.25) is 0 Å². The predicted octanol–water partition coefficient (Wildman–Crippen LogP) is 2.76. The van der Waals surface area contributed by atoms with Crippen molar-refractivity contribution in [2.45, 2.75) is 6.54 Å². The molecule has 1 aliphatic heterocycles. The van der Waals surface area contributed by atoms with Crippen LogP contribution >= 0.6 is 0 Å². The molecule has 0 atom stereocenters. The lowest BCUT2D eigenvalue weighted by Crippen LogP contribution is -2.54. The maximum Gasteiger partial charge on any atom is 0.253 e. The highest BCUT2D eigenvalue weighted by molar-refractivity contribution is 5.81. The molecule has 2 aromatic heterocycles. The third-order valence-electron chi connectivity index (χ3n) is 5.97. The zero-order valence-corrected chi connectivity index (χ0v) is 18.8. The third kappa shape index (κ3) is 5.08. The van der Waals surface area contributed by atoms with Crippen molar-refractivity contribution in [3.05, 3.63) is 95.6 Å². The van der Waals surface area contributed by atoms with Crippen molar-refractivity contribution in [2.24, 2.45) is 5.92 Å². The van der Waals surface area contributed by atoms with Gasteiger partial charge in [-0.1, -0.05) is 30.3 Å². The molecule has 5 rings (SSSR count). The van der Waals surface area contributed by atoms with Crippen LogP contribution in [0.5, 0.6) is 0 Å². The summed E-state index contributed by atoms with van der Waals surface area (Å²) in [5.74, 6) is 0.256. The number of anilines is 1. The number of amides is 1. The Morgan fingerprint density at radius 3 is 2.40 bits per heavy atom. The molecule has 1 fully saturated rings. The molecule has 2 aromatic carbocycles. The van der Waals surface area contributed by atoms with Crippen LogP contribution in [-0.4, -0.2) is 45.1 Å². The molecule has 4 aromatic rings. The first kappa shape index (κ1) is 22.4. The number of nitrogens with zero attached hydrogens (tertiary/aromatic N) is 5. The van der Waals surface area contributed by atoms with Gasteiger partial charge in [-0.3, -0.25) is 14.2 Å². The maximum atomic E-state index is 13.1. The minimum atomic E-state index is -0.346. The van der Waals surface area contributed by atoms with Gasteiger partial charge < -0.3 is 10.2 Å². The van der Waals surface area contributed by atoms with E-state index in [1.807, 2.05) is 41.3 Å². The van der Waals surface area contributed by atoms with Crippen LogP contribution in [0.15, 0.2) is 84.2 Å². The minimum absolute atomic E-state index is 0.0532. The minimum Gasteiger partial charge on any atom is -0.355 e. The van der Waals surface area contributed by atoms with Crippen molar-refractivity contribution in [1.29, 1.82) is 0 Å². The molecule has 9 heteroatoms. The van der Waals surface area contributed by atoms with Gasteiger partial charge in [0.1, 0.15) is 18.0 Å². The van der Waals surface area contributed by atoms with Crippen LogP contribution in [0.25, 0.3) is 22.5 Å². The first-order valence-electron chi connectivity index (χ1n) is 11.3. The zero-order chi connectivity index (χ0) is 24.2. The van der Waals surface area contributed by atoms with Gasteiger partial charge in [-0.2, -0.15) is 0 Å². The van der Waals surface area contributed by atoms with Crippen molar-refractivity contribution < 1.29 is 9.18 Å². The van der Waals surface area contributed by atoms with Crippen LogP contribution in [0.1, 0.15) is 0 Å². The first-order chi connectivity index (χ1) is 17.1. The molecular weight excluding hydrogens is 447 g/mol. The maximum absolute atomic E-state index is 13.1. The van der Waals surface area contributed by atoms with E-state index in [9.17, 15) is 14.0 Å². The van der Waals surface area contributed by atoms with Crippen LogP contribution in [0.3, 0.4) is 0 Å². The van der Waals surface area contributed by atoms with E-state index in [0.29, 0.717) is 37.4 Å². The number of carbonyl (C=O) groups is 1. The van der Waals surface area contributed by atoms with Crippen LogP contribution < -0.4 is 15.8 Å². The third-order valence-corrected chi connectivity index (χ3v) is 5.97. The zero-order valence-electron chi connectivity index (χ0n) is 18.8. The largest absolute Gasteiger partial charge is 0.355 e. The predicted molar refractivity (Wildman–Crippen MR) is 130 cm³/mol. The number of hydrogen-bond acceptors (Lipinski definition) is 6. The fraction of sp³-hybridized carbons (Fsp3) is 0.192. The Labute approximate surface area is 201 Å². The number of benzene rings is 2. The molecule has 8 nitrogen and oxygen atoms in total. The van der Waals surface area contributed by atoms with Crippen molar-refractivity contribution in [3.63, 3.8) is 0 Å². The molecule has 35 heavy (non-hydrogen) atoms. The van der Waals surface area contributed by atoms with E-state index in [4.69, 9.17) is 0 Å². The van der Waals surface area contributed by atoms with E-state index in [0.717, 1.165) is 17.1 Å². The summed E-state index contributed by atoms with van der Waals surface area (Å²) < 4.78 is 14.5. The lowest BCUT2D eigenvalue weighted by molar-refractivity contribution is -0.125. The normalized spacial score (nSPS) is 13.3. The summed E-state index contributed by atoms with van der Waals surface area (Å²) in [6.07, 6.45) is 2.98.